The molecule has 140 valence electrons. The quantitative estimate of drug-likeness (QED) is 0.872. The summed E-state index contributed by atoms with van der Waals surface area (Å²) in [6.07, 6.45) is 2.35. The summed E-state index contributed by atoms with van der Waals surface area (Å²) >= 11 is 0. The first kappa shape index (κ1) is 20.3. The molecule has 1 heterocycles. The standard InChI is InChI=1S/C21H27N3O.ClH/c1-16-7-4-5-10-20(16)21(25)22-17-8-6-9-19(15-17)24(3)18-11-13-23(2)14-12-18;/h4-10,15,18H,11-14H2,1-3H3,(H,22,25);1H. The molecule has 5 heteroatoms. The summed E-state index contributed by atoms with van der Waals surface area (Å²) in [5, 5.41) is 3.03. The van der Waals surface area contributed by atoms with Crippen LogP contribution in [0, 0.1) is 6.92 Å². The van der Waals surface area contributed by atoms with Crippen molar-refractivity contribution in [1.82, 2.24) is 4.90 Å². The van der Waals surface area contributed by atoms with Gasteiger partial charge in [0.25, 0.3) is 5.91 Å². The molecular formula is C21H28ClN3O. The smallest absolute Gasteiger partial charge is 0.255 e. The number of nitrogens with one attached hydrogen (secondary N) is 1. The third kappa shape index (κ3) is 4.77. The largest absolute Gasteiger partial charge is 0.371 e. The van der Waals surface area contributed by atoms with Gasteiger partial charge in [-0.3, -0.25) is 4.79 Å². The van der Waals surface area contributed by atoms with E-state index in [2.05, 4.69) is 41.3 Å². The number of likely N-dealkylation sites (tertiary alicyclic amines) is 1. The number of benzene rings is 2. The van der Waals surface area contributed by atoms with Crippen LogP contribution in [-0.4, -0.2) is 44.0 Å². The normalized spacial score (nSPS) is 15.2. The highest BCUT2D eigenvalue weighted by atomic mass is 35.5. The van der Waals surface area contributed by atoms with Crippen LogP contribution in [0.1, 0.15) is 28.8 Å². The summed E-state index contributed by atoms with van der Waals surface area (Å²) in [5.41, 5.74) is 3.69. The van der Waals surface area contributed by atoms with Crippen molar-refractivity contribution in [3.05, 3.63) is 59.7 Å². The summed E-state index contributed by atoms with van der Waals surface area (Å²) in [4.78, 5) is 17.2. The zero-order valence-corrected chi connectivity index (χ0v) is 16.6. The molecule has 1 N–H and O–H groups in total. The van der Waals surface area contributed by atoms with Crippen molar-refractivity contribution in [2.75, 3.05) is 37.4 Å². The highest BCUT2D eigenvalue weighted by molar-refractivity contribution is 6.05. The predicted molar refractivity (Wildman–Crippen MR) is 112 cm³/mol. The van der Waals surface area contributed by atoms with Gasteiger partial charge in [0, 0.05) is 30.0 Å². The lowest BCUT2D eigenvalue weighted by molar-refractivity contribution is 0.102. The third-order valence-electron chi connectivity index (χ3n) is 5.14. The summed E-state index contributed by atoms with van der Waals surface area (Å²) in [7, 11) is 4.33. The lowest BCUT2D eigenvalue weighted by Crippen LogP contribution is -2.42. The molecule has 1 saturated heterocycles. The van der Waals surface area contributed by atoms with Gasteiger partial charge in [-0.25, -0.2) is 0 Å². The summed E-state index contributed by atoms with van der Waals surface area (Å²) in [6, 6.07) is 16.3. The van der Waals surface area contributed by atoms with Crippen LogP contribution >= 0.6 is 12.4 Å². The number of hydrogen-bond donors (Lipinski definition) is 1. The minimum absolute atomic E-state index is 0. The number of amides is 1. The minimum atomic E-state index is -0.0582. The van der Waals surface area contributed by atoms with E-state index in [0.29, 0.717) is 6.04 Å². The maximum Gasteiger partial charge on any atom is 0.255 e. The molecule has 26 heavy (non-hydrogen) atoms. The van der Waals surface area contributed by atoms with Crippen LogP contribution in [0.4, 0.5) is 11.4 Å². The van der Waals surface area contributed by atoms with Gasteiger partial charge in [-0.05, 0) is 69.7 Å². The summed E-state index contributed by atoms with van der Waals surface area (Å²) < 4.78 is 0. The van der Waals surface area contributed by atoms with Crippen molar-refractivity contribution >= 4 is 29.7 Å². The number of rotatable bonds is 4. The van der Waals surface area contributed by atoms with Gasteiger partial charge in [0.2, 0.25) is 0 Å². The molecule has 1 amide bonds. The van der Waals surface area contributed by atoms with Crippen molar-refractivity contribution < 1.29 is 4.79 Å². The number of halogens is 1. The predicted octanol–water partition coefficient (Wildman–Crippen LogP) is 4.20. The first-order chi connectivity index (χ1) is 12.0. The first-order valence-corrected chi connectivity index (χ1v) is 8.93. The Hall–Kier alpha value is -2.04. The number of aryl methyl sites for hydroxylation is 1. The van der Waals surface area contributed by atoms with E-state index < -0.39 is 0 Å². The van der Waals surface area contributed by atoms with Crippen molar-refractivity contribution in [1.29, 1.82) is 0 Å². The van der Waals surface area contributed by atoms with Gasteiger partial charge in [-0.15, -0.1) is 12.4 Å². The summed E-state index contributed by atoms with van der Waals surface area (Å²) in [5.74, 6) is -0.0582. The molecule has 1 fully saturated rings. The van der Waals surface area contributed by atoms with E-state index in [4.69, 9.17) is 0 Å². The second kappa shape index (κ2) is 9.06. The molecule has 0 atom stereocenters. The van der Waals surface area contributed by atoms with Crippen LogP contribution < -0.4 is 10.2 Å². The minimum Gasteiger partial charge on any atom is -0.371 e. The topological polar surface area (TPSA) is 35.6 Å². The van der Waals surface area contributed by atoms with Crippen LogP contribution in [-0.2, 0) is 0 Å². The van der Waals surface area contributed by atoms with E-state index in [0.717, 1.165) is 35.6 Å². The van der Waals surface area contributed by atoms with Crippen molar-refractivity contribution in [2.24, 2.45) is 0 Å². The molecule has 0 bridgehead atoms. The Balaban J connectivity index is 0.00000243. The zero-order chi connectivity index (χ0) is 17.8. The Labute approximate surface area is 162 Å². The van der Waals surface area contributed by atoms with Crippen LogP contribution in [0.2, 0.25) is 0 Å². The summed E-state index contributed by atoms with van der Waals surface area (Å²) in [6.45, 7) is 4.23. The second-order valence-corrected chi connectivity index (χ2v) is 6.96. The van der Waals surface area contributed by atoms with E-state index in [1.54, 1.807) is 0 Å². The van der Waals surface area contributed by atoms with Crippen LogP contribution in [0.25, 0.3) is 0 Å². The molecule has 0 radical (unpaired) electrons. The number of nitrogens with zero attached hydrogens (tertiary/aromatic N) is 2. The molecule has 2 aromatic carbocycles. The highest BCUT2D eigenvalue weighted by Crippen LogP contribution is 2.24. The molecule has 0 unspecified atom stereocenters. The maximum atomic E-state index is 12.5. The lowest BCUT2D eigenvalue weighted by atomic mass is 10.0. The van der Waals surface area contributed by atoms with Crippen LogP contribution in [0.3, 0.4) is 0 Å². The lowest BCUT2D eigenvalue weighted by Gasteiger charge is -2.36. The second-order valence-electron chi connectivity index (χ2n) is 6.96. The van der Waals surface area contributed by atoms with Crippen molar-refractivity contribution in [2.45, 2.75) is 25.8 Å². The molecule has 0 aliphatic carbocycles. The molecule has 1 aliphatic heterocycles. The van der Waals surface area contributed by atoms with Gasteiger partial charge in [0.05, 0.1) is 0 Å². The molecule has 4 nitrogen and oxygen atoms in total. The Morgan fingerprint density at radius 1 is 1.12 bits per heavy atom. The van der Waals surface area contributed by atoms with Crippen LogP contribution in [0.15, 0.2) is 48.5 Å². The molecule has 0 saturated carbocycles. The number of carbonyl (C=O) groups is 1. The van der Waals surface area contributed by atoms with Gasteiger partial charge in [-0.2, -0.15) is 0 Å². The van der Waals surface area contributed by atoms with Crippen LogP contribution in [0.5, 0.6) is 0 Å². The number of piperidine rings is 1. The highest BCUT2D eigenvalue weighted by Gasteiger charge is 2.21. The van der Waals surface area contributed by atoms with Gasteiger partial charge in [0.15, 0.2) is 0 Å². The van der Waals surface area contributed by atoms with E-state index in [1.807, 2.05) is 43.3 Å². The number of carbonyl (C=O) groups excluding carboxylic acids is 1. The molecule has 0 spiro atoms. The Morgan fingerprint density at radius 2 is 1.81 bits per heavy atom. The number of hydrogen-bond acceptors (Lipinski definition) is 3. The maximum absolute atomic E-state index is 12.5. The van der Waals surface area contributed by atoms with E-state index >= 15 is 0 Å². The van der Waals surface area contributed by atoms with Gasteiger partial charge in [-0.1, -0.05) is 24.3 Å². The monoisotopic (exact) mass is 373 g/mol. The molecular weight excluding hydrogens is 346 g/mol. The van der Waals surface area contributed by atoms with E-state index in [1.165, 1.54) is 12.8 Å². The third-order valence-corrected chi connectivity index (χ3v) is 5.14. The molecule has 2 aromatic rings. The van der Waals surface area contributed by atoms with Gasteiger partial charge in [0.1, 0.15) is 0 Å². The average molecular weight is 374 g/mol. The zero-order valence-electron chi connectivity index (χ0n) is 15.7. The molecule has 3 rings (SSSR count). The SMILES string of the molecule is Cc1ccccc1C(=O)Nc1cccc(N(C)C2CCN(C)CC2)c1.Cl. The Kier molecular flexibility index (Phi) is 7.06. The Morgan fingerprint density at radius 3 is 2.50 bits per heavy atom. The van der Waals surface area contributed by atoms with Gasteiger partial charge >= 0.3 is 0 Å². The fourth-order valence-corrected chi connectivity index (χ4v) is 3.42. The molecule has 0 aromatic heterocycles. The van der Waals surface area contributed by atoms with Gasteiger partial charge < -0.3 is 15.1 Å². The van der Waals surface area contributed by atoms with E-state index in [9.17, 15) is 4.79 Å². The van der Waals surface area contributed by atoms with Crippen molar-refractivity contribution in [3.8, 4) is 0 Å². The fourth-order valence-electron chi connectivity index (χ4n) is 3.42. The average Bonchev–Trinajstić information content (AvgIpc) is 2.62. The van der Waals surface area contributed by atoms with Crippen molar-refractivity contribution in [3.63, 3.8) is 0 Å². The Bertz CT molecular complexity index is 742. The van der Waals surface area contributed by atoms with E-state index in [-0.39, 0.29) is 18.3 Å². The fraction of sp³-hybridized carbons (Fsp3) is 0.381. The number of anilines is 2. The first-order valence-electron chi connectivity index (χ1n) is 8.93. The molecule has 1 aliphatic rings.